The van der Waals surface area contributed by atoms with Gasteiger partial charge in [-0.3, -0.25) is 14.1 Å². The summed E-state index contributed by atoms with van der Waals surface area (Å²) in [5, 5.41) is 0. The Morgan fingerprint density at radius 1 is 1.33 bits per heavy atom. The molecule has 7 heteroatoms. The van der Waals surface area contributed by atoms with Crippen molar-refractivity contribution in [3.8, 4) is 0 Å². The Morgan fingerprint density at radius 3 is 2.81 bits per heavy atom. The maximum absolute atomic E-state index is 12.7. The summed E-state index contributed by atoms with van der Waals surface area (Å²) in [6, 6.07) is 6.34. The molecule has 6 nitrogen and oxygen atoms in total. The number of carbonyl (C=O) groups is 1. The molecule has 0 N–H and O–H groups in total. The Balaban J connectivity index is 1.86. The fourth-order valence-electron chi connectivity index (χ4n) is 3.21. The van der Waals surface area contributed by atoms with Gasteiger partial charge >= 0.3 is 0 Å². The van der Waals surface area contributed by atoms with Crippen LogP contribution in [-0.2, 0) is 11.3 Å². The molecule has 0 saturated heterocycles. The van der Waals surface area contributed by atoms with Crippen molar-refractivity contribution in [3.63, 3.8) is 0 Å². The number of ether oxygens (including phenoxy) is 1. The zero-order valence-electron chi connectivity index (χ0n) is 16.7. The number of amides is 1. The largest absolute Gasteiger partial charge is 0.383 e. The van der Waals surface area contributed by atoms with Gasteiger partial charge in [0.25, 0.3) is 5.91 Å². The van der Waals surface area contributed by atoms with E-state index in [9.17, 15) is 4.79 Å². The summed E-state index contributed by atoms with van der Waals surface area (Å²) in [6.07, 6.45) is 1.92. The first kappa shape index (κ1) is 19.8. The third-order valence-corrected chi connectivity index (χ3v) is 5.47. The van der Waals surface area contributed by atoms with Crippen molar-refractivity contribution in [2.75, 3.05) is 40.9 Å². The van der Waals surface area contributed by atoms with Crippen molar-refractivity contribution in [3.05, 3.63) is 34.8 Å². The zero-order valence-corrected chi connectivity index (χ0v) is 17.5. The molecule has 0 aliphatic heterocycles. The van der Waals surface area contributed by atoms with Crippen molar-refractivity contribution in [2.45, 2.75) is 20.4 Å². The molecule has 0 atom stereocenters. The predicted molar refractivity (Wildman–Crippen MR) is 111 cm³/mol. The Bertz CT molecular complexity index is 931. The molecular weight excluding hydrogens is 360 g/mol. The van der Waals surface area contributed by atoms with Crippen LogP contribution in [0.3, 0.4) is 0 Å². The number of imidazole rings is 1. The first-order valence-electron chi connectivity index (χ1n) is 9.22. The lowest BCUT2D eigenvalue weighted by Crippen LogP contribution is -2.29. The van der Waals surface area contributed by atoms with E-state index in [0.29, 0.717) is 5.92 Å². The molecule has 2 aromatic heterocycles. The van der Waals surface area contributed by atoms with E-state index in [4.69, 9.17) is 4.74 Å². The molecule has 3 aromatic rings. The minimum absolute atomic E-state index is 0.0582. The van der Waals surface area contributed by atoms with Crippen molar-refractivity contribution in [1.82, 2.24) is 19.2 Å². The molecule has 0 bridgehead atoms. The second-order valence-electron chi connectivity index (χ2n) is 7.49. The highest BCUT2D eigenvalue weighted by Gasteiger charge is 2.18. The van der Waals surface area contributed by atoms with E-state index < -0.39 is 0 Å². The molecule has 0 spiro atoms. The quantitative estimate of drug-likeness (QED) is 0.594. The highest BCUT2D eigenvalue weighted by Crippen LogP contribution is 2.26. The Kier molecular flexibility index (Phi) is 6.14. The molecule has 3 rings (SSSR count). The van der Waals surface area contributed by atoms with Gasteiger partial charge in [0.1, 0.15) is 4.88 Å². The number of aromatic nitrogens is 2. The number of fused-ring (bicyclic) bond motifs is 3. The summed E-state index contributed by atoms with van der Waals surface area (Å²) in [4.78, 5) is 23.0. The lowest BCUT2D eigenvalue weighted by atomic mass is 10.2. The molecule has 1 aromatic carbocycles. The molecule has 0 saturated carbocycles. The van der Waals surface area contributed by atoms with Gasteiger partial charge in [-0.25, -0.2) is 4.98 Å². The topological polar surface area (TPSA) is 50.1 Å². The average Bonchev–Trinajstić information content (AvgIpc) is 3.16. The van der Waals surface area contributed by atoms with Gasteiger partial charge < -0.3 is 9.64 Å². The maximum atomic E-state index is 12.7. The number of methoxy groups -OCH3 is 1. The number of hydrogen-bond acceptors (Lipinski definition) is 5. The molecule has 1 amide bonds. The summed E-state index contributed by atoms with van der Waals surface area (Å²) in [7, 11) is 5.66. The van der Waals surface area contributed by atoms with Crippen LogP contribution in [0.15, 0.2) is 24.4 Å². The molecule has 0 aliphatic carbocycles. The molecule has 0 radical (unpaired) electrons. The zero-order chi connectivity index (χ0) is 19.6. The van der Waals surface area contributed by atoms with E-state index in [-0.39, 0.29) is 5.91 Å². The summed E-state index contributed by atoms with van der Waals surface area (Å²) >= 11 is 1.45. The third-order valence-electron chi connectivity index (χ3n) is 4.50. The minimum atomic E-state index is 0.0582. The Hall–Kier alpha value is -1.96. The van der Waals surface area contributed by atoms with Crippen molar-refractivity contribution >= 4 is 33.2 Å². The number of hydrogen-bond donors (Lipinski definition) is 0. The predicted octanol–water partition coefficient (Wildman–Crippen LogP) is 3.36. The van der Waals surface area contributed by atoms with Gasteiger partial charge in [-0.05, 0) is 30.7 Å². The lowest BCUT2D eigenvalue weighted by Gasteiger charge is -2.18. The van der Waals surface area contributed by atoms with E-state index >= 15 is 0 Å². The second-order valence-corrected chi connectivity index (χ2v) is 8.50. The maximum Gasteiger partial charge on any atom is 0.265 e. The fraction of sp³-hybridized carbons (Fsp3) is 0.500. The highest BCUT2D eigenvalue weighted by molar-refractivity contribution is 7.18. The van der Waals surface area contributed by atoms with E-state index in [1.54, 1.807) is 12.0 Å². The molecule has 0 unspecified atom stereocenters. The fourth-order valence-corrected chi connectivity index (χ4v) is 4.20. The van der Waals surface area contributed by atoms with Crippen molar-refractivity contribution in [2.24, 2.45) is 5.92 Å². The van der Waals surface area contributed by atoms with Gasteiger partial charge in [0.2, 0.25) is 0 Å². The van der Waals surface area contributed by atoms with Crippen LogP contribution in [0.5, 0.6) is 0 Å². The monoisotopic (exact) mass is 388 g/mol. The SMILES string of the molecule is COCCN(C)Cc1ccc2nc3sc(C(=O)N(C)CC(C)C)cn3c2c1. The van der Waals surface area contributed by atoms with Gasteiger partial charge in [-0.2, -0.15) is 0 Å². The standard InChI is InChI=1S/C20H28N4O2S/c1-14(2)11-23(4)19(25)18-13-24-17-10-15(12-22(3)8-9-26-5)6-7-16(17)21-20(24)27-18/h6-7,10,13-14H,8-9,11-12H2,1-5H3. The Morgan fingerprint density at radius 2 is 2.11 bits per heavy atom. The molecule has 0 aliphatic rings. The van der Waals surface area contributed by atoms with Crippen LogP contribution in [0, 0.1) is 5.92 Å². The number of likely N-dealkylation sites (N-methyl/N-ethyl adjacent to an activating group) is 1. The van der Waals surface area contributed by atoms with Crippen LogP contribution in [0.4, 0.5) is 0 Å². The van der Waals surface area contributed by atoms with E-state index in [1.807, 2.05) is 17.6 Å². The number of benzene rings is 1. The highest BCUT2D eigenvalue weighted by atomic mass is 32.1. The van der Waals surface area contributed by atoms with Crippen molar-refractivity contribution in [1.29, 1.82) is 0 Å². The van der Waals surface area contributed by atoms with Crippen LogP contribution in [0.1, 0.15) is 29.1 Å². The number of nitrogens with zero attached hydrogens (tertiary/aromatic N) is 4. The van der Waals surface area contributed by atoms with Gasteiger partial charge in [0.05, 0.1) is 17.6 Å². The normalized spacial score (nSPS) is 12.0. The third kappa shape index (κ3) is 4.48. The average molecular weight is 389 g/mol. The summed E-state index contributed by atoms with van der Waals surface area (Å²) in [5.74, 6) is 0.504. The summed E-state index contributed by atoms with van der Waals surface area (Å²) in [5.41, 5.74) is 3.22. The van der Waals surface area contributed by atoms with Crippen molar-refractivity contribution < 1.29 is 9.53 Å². The van der Waals surface area contributed by atoms with Crippen LogP contribution in [0.25, 0.3) is 16.0 Å². The van der Waals surface area contributed by atoms with E-state index in [2.05, 4.69) is 49.0 Å². The van der Waals surface area contributed by atoms with E-state index in [1.165, 1.54) is 16.9 Å². The summed E-state index contributed by atoms with van der Waals surface area (Å²) in [6.45, 7) is 7.43. The van der Waals surface area contributed by atoms with Gasteiger partial charge in [0, 0.05) is 40.0 Å². The minimum Gasteiger partial charge on any atom is -0.383 e. The molecular formula is C20H28N4O2S. The smallest absolute Gasteiger partial charge is 0.265 e. The second kappa shape index (κ2) is 8.37. The van der Waals surface area contributed by atoms with E-state index in [0.717, 1.165) is 47.1 Å². The van der Waals surface area contributed by atoms with Crippen LogP contribution < -0.4 is 0 Å². The lowest BCUT2D eigenvalue weighted by molar-refractivity contribution is 0.0783. The summed E-state index contributed by atoms with van der Waals surface area (Å²) < 4.78 is 7.18. The molecule has 146 valence electrons. The molecule has 2 heterocycles. The van der Waals surface area contributed by atoms with Gasteiger partial charge in [0.15, 0.2) is 4.96 Å². The van der Waals surface area contributed by atoms with Crippen LogP contribution in [-0.4, -0.2) is 66.0 Å². The van der Waals surface area contributed by atoms with Gasteiger partial charge in [-0.15, -0.1) is 0 Å². The number of carbonyl (C=O) groups excluding carboxylic acids is 1. The molecule has 0 fully saturated rings. The van der Waals surface area contributed by atoms with Gasteiger partial charge in [-0.1, -0.05) is 31.3 Å². The number of thiazole rings is 1. The van der Waals surface area contributed by atoms with Crippen LogP contribution in [0.2, 0.25) is 0 Å². The first-order chi connectivity index (χ1) is 12.9. The molecule has 27 heavy (non-hydrogen) atoms. The van der Waals surface area contributed by atoms with Crippen LogP contribution >= 0.6 is 11.3 Å². The number of rotatable bonds is 8. The Labute approximate surface area is 164 Å². The first-order valence-corrected chi connectivity index (χ1v) is 10.0.